The average molecular weight is 449 g/mol. The van der Waals surface area contributed by atoms with Gasteiger partial charge in [-0.25, -0.2) is 9.48 Å². The van der Waals surface area contributed by atoms with Crippen LogP contribution < -0.4 is 21.9 Å². The molecule has 4 rings (SSSR count). The number of H-pyrrole nitrogens is 1. The molecule has 170 valence electrons. The van der Waals surface area contributed by atoms with Crippen LogP contribution in [0.3, 0.4) is 0 Å². The molecule has 11 nitrogen and oxygen atoms in total. The van der Waals surface area contributed by atoms with Gasteiger partial charge in [0.05, 0.1) is 18.7 Å². The molecule has 0 spiro atoms. The van der Waals surface area contributed by atoms with Crippen molar-refractivity contribution in [3.05, 3.63) is 81.0 Å². The maximum atomic E-state index is 12.9. The van der Waals surface area contributed by atoms with E-state index in [1.807, 2.05) is 42.5 Å². The molecule has 0 saturated heterocycles. The van der Waals surface area contributed by atoms with Crippen molar-refractivity contribution in [2.45, 2.75) is 19.6 Å². The topological polar surface area (TPSA) is 136 Å². The van der Waals surface area contributed by atoms with Gasteiger partial charge in [-0.2, -0.15) is 0 Å². The largest absolute Gasteiger partial charge is 0.383 e. The number of benzene rings is 2. The van der Waals surface area contributed by atoms with Crippen LogP contribution in [0.1, 0.15) is 5.56 Å². The lowest BCUT2D eigenvalue weighted by atomic mass is 10.2. The molecule has 0 aliphatic rings. The van der Waals surface area contributed by atoms with Crippen molar-refractivity contribution >= 4 is 28.4 Å². The van der Waals surface area contributed by atoms with E-state index in [0.29, 0.717) is 17.6 Å². The van der Waals surface area contributed by atoms with Crippen LogP contribution in [0.5, 0.6) is 0 Å². The number of methoxy groups -OCH3 is 1. The molecule has 3 N–H and O–H groups in total. The zero-order valence-electron chi connectivity index (χ0n) is 17.9. The lowest BCUT2D eigenvalue weighted by molar-refractivity contribution is -0.116. The molecule has 0 atom stereocenters. The number of aromatic nitrogens is 5. The molecular weight excluding hydrogens is 426 g/mol. The van der Waals surface area contributed by atoms with Crippen LogP contribution in [-0.2, 0) is 29.2 Å². The second kappa shape index (κ2) is 9.92. The number of carbonyl (C=O) groups excluding carboxylic acids is 1. The van der Waals surface area contributed by atoms with E-state index in [2.05, 4.69) is 25.9 Å². The number of nitrogens with zero attached hydrogens (tertiary/aromatic N) is 4. The number of ether oxygens (including phenoxy) is 1. The molecule has 0 fully saturated rings. The quantitative estimate of drug-likeness (QED) is 0.349. The van der Waals surface area contributed by atoms with Crippen LogP contribution in [0.4, 0.5) is 11.5 Å². The van der Waals surface area contributed by atoms with E-state index in [4.69, 9.17) is 4.74 Å². The van der Waals surface area contributed by atoms with E-state index in [1.54, 1.807) is 12.1 Å². The van der Waals surface area contributed by atoms with Crippen LogP contribution >= 0.6 is 0 Å². The van der Waals surface area contributed by atoms with E-state index in [-0.39, 0.29) is 31.2 Å². The molecule has 0 saturated carbocycles. The zero-order chi connectivity index (χ0) is 23.2. The van der Waals surface area contributed by atoms with Gasteiger partial charge in [0.1, 0.15) is 23.6 Å². The first-order chi connectivity index (χ1) is 16.1. The van der Waals surface area contributed by atoms with Gasteiger partial charge >= 0.3 is 5.69 Å². The fourth-order valence-electron chi connectivity index (χ4n) is 3.39. The van der Waals surface area contributed by atoms with Crippen molar-refractivity contribution in [1.82, 2.24) is 24.5 Å². The highest BCUT2D eigenvalue weighted by molar-refractivity contribution is 5.93. The second-order valence-electron chi connectivity index (χ2n) is 7.25. The number of aromatic amines is 1. The molecule has 0 bridgehead atoms. The maximum absolute atomic E-state index is 12.9. The number of carbonyl (C=O) groups is 1. The number of hydrogen-bond donors (Lipinski definition) is 3. The van der Waals surface area contributed by atoms with Crippen molar-refractivity contribution in [2.75, 3.05) is 24.4 Å². The number of nitrogens with one attached hydrogen (secondary N) is 3. The Morgan fingerprint density at radius 3 is 2.64 bits per heavy atom. The van der Waals surface area contributed by atoms with Gasteiger partial charge in [-0.05, 0) is 17.7 Å². The highest BCUT2D eigenvalue weighted by Crippen LogP contribution is 2.17. The number of fused-ring (bicyclic) bond motifs is 1. The summed E-state index contributed by atoms with van der Waals surface area (Å²) in [5.74, 6) is -0.407. The number of hydrogen-bond acceptors (Lipinski definition) is 7. The van der Waals surface area contributed by atoms with Crippen molar-refractivity contribution in [3.8, 4) is 0 Å². The predicted molar refractivity (Wildman–Crippen MR) is 123 cm³/mol. The Labute approximate surface area is 188 Å². The molecule has 2 aromatic heterocycles. The van der Waals surface area contributed by atoms with Gasteiger partial charge in [0.2, 0.25) is 5.91 Å². The van der Waals surface area contributed by atoms with Crippen molar-refractivity contribution < 1.29 is 9.53 Å². The zero-order valence-corrected chi connectivity index (χ0v) is 17.9. The minimum atomic E-state index is -0.649. The summed E-state index contributed by atoms with van der Waals surface area (Å²) in [6.07, 6.45) is 0. The predicted octanol–water partition coefficient (Wildman–Crippen LogP) is 1.18. The summed E-state index contributed by atoms with van der Waals surface area (Å²) >= 11 is 0. The summed E-state index contributed by atoms with van der Waals surface area (Å²) in [6, 6.07) is 16.7. The molecule has 11 heteroatoms. The molecular formula is C22H23N7O4. The summed E-state index contributed by atoms with van der Waals surface area (Å²) < 4.78 is 7.80. The first kappa shape index (κ1) is 22.0. The van der Waals surface area contributed by atoms with Gasteiger partial charge in [0.15, 0.2) is 0 Å². The van der Waals surface area contributed by atoms with Crippen molar-refractivity contribution in [1.29, 1.82) is 0 Å². The van der Waals surface area contributed by atoms with E-state index in [0.717, 1.165) is 5.56 Å². The lowest BCUT2D eigenvalue weighted by Gasteiger charge is -2.18. The highest BCUT2D eigenvalue weighted by atomic mass is 16.5. The Morgan fingerprint density at radius 1 is 1.09 bits per heavy atom. The Bertz CT molecular complexity index is 1380. The van der Waals surface area contributed by atoms with Gasteiger partial charge in [0, 0.05) is 13.7 Å². The standard InChI is InChI=1S/C22H23N7O4/c1-33-12-11-28-20(24-18(30)14-29-17-10-6-5-9-16(17)26-27-29)19(21(31)25-22(28)32)23-13-15-7-3-2-4-8-15/h2-10,23H,11-14H2,1H3,(H,24,30)(H,25,31,32). The van der Waals surface area contributed by atoms with Gasteiger partial charge < -0.3 is 15.4 Å². The van der Waals surface area contributed by atoms with Gasteiger partial charge in [-0.1, -0.05) is 47.7 Å². The van der Waals surface area contributed by atoms with Crippen LogP contribution in [0.25, 0.3) is 11.0 Å². The Balaban J connectivity index is 1.65. The molecule has 1 amide bonds. The minimum absolute atomic E-state index is 0.0613. The van der Waals surface area contributed by atoms with Crippen LogP contribution in [0.15, 0.2) is 64.2 Å². The van der Waals surface area contributed by atoms with Crippen molar-refractivity contribution in [2.24, 2.45) is 0 Å². The highest BCUT2D eigenvalue weighted by Gasteiger charge is 2.18. The third-order valence-corrected chi connectivity index (χ3v) is 5.00. The molecule has 2 aromatic carbocycles. The molecule has 0 aliphatic carbocycles. The summed E-state index contributed by atoms with van der Waals surface area (Å²) in [5.41, 5.74) is 1.07. The van der Waals surface area contributed by atoms with Crippen LogP contribution in [-0.4, -0.2) is 44.2 Å². The van der Waals surface area contributed by atoms with E-state index >= 15 is 0 Å². The number of para-hydroxylation sites is 1. The normalized spacial score (nSPS) is 10.9. The van der Waals surface area contributed by atoms with E-state index < -0.39 is 17.2 Å². The first-order valence-corrected chi connectivity index (χ1v) is 10.3. The average Bonchev–Trinajstić information content (AvgIpc) is 3.22. The monoisotopic (exact) mass is 449 g/mol. The fraction of sp³-hybridized carbons (Fsp3) is 0.227. The third kappa shape index (κ3) is 4.99. The van der Waals surface area contributed by atoms with Gasteiger partial charge in [-0.15, -0.1) is 5.10 Å². The van der Waals surface area contributed by atoms with E-state index in [9.17, 15) is 14.4 Å². The lowest BCUT2D eigenvalue weighted by Crippen LogP contribution is -2.36. The minimum Gasteiger partial charge on any atom is -0.383 e. The number of rotatable bonds is 9. The third-order valence-electron chi connectivity index (χ3n) is 5.00. The molecule has 0 aliphatic heterocycles. The molecule has 4 aromatic rings. The first-order valence-electron chi connectivity index (χ1n) is 10.3. The van der Waals surface area contributed by atoms with Gasteiger partial charge in [0.25, 0.3) is 5.56 Å². The van der Waals surface area contributed by atoms with Crippen molar-refractivity contribution in [3.63, 3.8) is 0 Å². The Morgan fingerprint density at radius 2 is 1.85 bits per heavy atom. The molecule has 2 heterocycles. The number of amides is 1. The fourth-order valence-corrected chi connectivity index (χ4v) is 3.39. The summed E-state index contributed by atoms with van der Waals surface area (Å²) in [4.78, 5) is 40.4. The second-order valence-corrected chi connectivity index (χ2v) is 7.25. The summed E-state index contributed by atoms with van der Waals surface area (Å²) in [6.45, 7) is 0.515. The van der Waals surface area contributed by atoms with Crippen LogP contribution in [0.2, 0.25) is 0 Å². The van der Waals surface area contributed by atoms with E-state index in [1.165, 1.54) is 16.4 Å². The van der Waals surface area contributed by atoms with Gasteiger partial charge in [-0.3, -0.25) is 19.1 Å². The Hall–Kier alpha value is -4.25. The van der Waals surface area contributed by atoms with Crippen LogP contribution in [0, 0.1) is 0 Å². The molecule has 33 heavy (non-hydrogen) atoms. The smallest absolute Gasteiger partial charge is 0.330 e. The molecule has 0 unspecified atom stereocenters. The summed E-state index contributed by atoms with van der Waals surface area (Å²) in [5, 5.41) is 13.8. The maximum Gasteiger partial charge on any atom is 0.330 e. The SMILES string of the molecule is COCCn1c(NC(=O)Cn2nnc3ccccc32)c(NCc2ccccc2)c(=O)[nH]c1=O. The summed E-state index contributed by atoms with van der Waals surface area (Å²) in [7, 11) is 1.50. The Kier molecular flexibility index (Phi) is 6.60. The molecule has 0 radical (unpaired) electrons. The number of anilines is 2.